The zero-order chi connectivity index (χ0) is 20.3. The molecule has 29 heavy (non-hydrogen) atoms. The first-order chi connectivity index (χ1) is 14.0. The number of benzene rings is 3. The first kappa shape index (κ1) is 16.9. The second-order valence-electron chi connectivity index (χ2n) is 6.69. The highest BCUT2D eigenvalue weighted by molar-refractivity contribution is 6.36. The molecule has 0 saturated heterocycles. The Bertz CT molecular complexity index is 1230. The Morgan fingerprint density at radius 3 is 1.55 bits per heavy atom. The number of hydrogen-bond acceptors (Lipinski definition) is 5. The lowest BCUT2D eigenvalue weighted by Gasteiger charge is -2.18. The summed E-state index contributed by atoms with van der Waals surface area (Å²) in [5.41, 5.74) is 1.37. The highest BCUT2D eigenvalue weighted by Crippen LogP contribution is 2.34. The molecule has 7 heteroatoms. The van der Waals surface area contributed by atoms with E-state index < -0.39 is 23.6 Å². The summed E-state index contributed by atoms with van der Waals surface area (Å²) in [5.74, 6) is -2.17. The average Bonchev–Trinajstić information content (AvgIpc) is 3.12. The minimum absolute atomic E-state index is 0.0983. The molecule has 7 nitrogen and oxygen atoms in total. The lowest BCUT2D eigenvalue weighted by atomic mass is 10.1. The van der Waals surface area contributed by atoms with Gasteiger partial charge in [0.2, 0.25) is 0 Å². The molecule has 2 aliphatic rings. The van der Waals surface area contributed by atoms with Crippen molar-refractivity contribution in [2.45, 2.75) is 0 Å². The molecule has 0 aliphatic carbocycles. The van der Waals surface area contributed by atoms with E-state index in [2.05, 4.69) is 0 Å². The van der Waals surface area contributed by atoms with Gasteiger partial charge in [0.25, 0.3) is 23.6 Å². The number of phenolic OH excluding ortho intramolecular Hbond substituents is 1. The van der Waals surface area contributed by atoms with E-state index in [1.165, 1.54) is 24.3 Å². The maximum absolute atomic E-state index is 12.7. The van der Waals surface area contributed by atoms with E-state index in [0.717, 1.165) is 9.80 Å². The van der Waals surface area contributed by atoms with Crippen molar-refractivity contribution < 1.29 is 24.3 Å². The van der Waals surface area contributed by atoms with Gasteiger partial charge in [-0.25, -0.2) is 9.80 Å². The number of hydrogen-bond donors (Lipinski definition) is 1. The van der Waals surface area contributed by atoms with E-state index in [1.807, 2.05) is 0 Å². The van der Waals surface area contributed by atoms with Crippen LogP contribution in [-0.2, 0) is 0 Å². The van der Waals surface area contributed by atoms with Crippen LogP contribution in [0.3, 0.4) is 0 Å². The number of nitrogens with zero attached hydrogens (tertiary/aromatic N) is 2. The third-order valence-corrected chi connectivity index (χ3v) is 5.01. The fourth-order valence-corrected chi connectivity index (χ4v) is 3.66. The maximum Gasteiger partial charge on any atom is 0.266 e. The lowest BCUT2D eigenvalue weighted by Crippen LogP contribution is -2.31. The zero-order valence-electron chi connectivity index (χ0n) is 14.8. The first-order valence-electron chi connectivity index (χ1n) is 8.77. The molecule has 0 radical (unpaired) electrons. The maximum atomic E-state index is 12.7. The number of phenols is 1. The Labute approximate surface area is 164 Å². The van der Waals surface area contributed by atoms with Crippen molar-refractivity contribution in [3.05, 3.63) is 89.0 Å². The predicted octanol–water partition coefficient (Wildman–Crippen LogP) is 2.99. The fraction of sp³-hybridized carbons (Fsp3) is 0. The molecule has 140 valence electrons. The second kappa shape index (κ2) is 5.87. The Morgan fingerprint density at radius 1 is 0.517 bits per heavy atom. The van der Waals surface area contributed by atoms with Gasteiger partial charge in [-0.1, -0.05) is 18.2 Å². The van der Waals surface area contributed by atoms with Crippen LogP contribution >= 0.6 is 0 Å². The van der Waals surface area contributed by atoms with Crippen molar-refractivity contribution >= 4 is 35.0 Å². The number of fused-ring (bicyclic) bond motifs is 2. The summed E-state index contributed by atoms with van der Waals surface area (Å²) in [6.45, 7) is 0. The summed E-state index contributed by atoms with van der Waals surface area (Å²) in [6, 6.07) is 16.6. The summed E-state index contributed by atoms with van der Waals surface area (Å²) in [4.78, 5) is 52.9. The molecule has 0 saturated carbocycles. The van der Waals surface area contributed by atoms with Gasteiger partial charge in [-0.05, 0) is 48.5 Å². The van der Waals surface area contributed by atoms with Crippen molar-refractivity contribution in [2.24, 2.45) is 0 Å². The monoisotopic (exact) mass is 384 g/mol. The highest BCUT2D eigenvalue weighted by atomic mass is 16.3. The van der Waals surface area contributed by atoms with Crippen LogP contribution in [0.15, 0.2) is 66.7 Å². The van der Waals surface area contributed by atoms with Crippen LogP contribution in [0.4, 0.5) is 11.4 Å². The van der Waals surface area contributed by atoms with Crippen LogP contribution in [0.2, 0.25) is 0 Å². The van der Waals surface area contributed by atoms with E-state index >= 15 is 0 Å². The number of rotatable bonds is 2. The van der Waals surface area contributed by atoms with Gasteiger partial charge in [-0.3, -0.25) is 19.2 Å². The molecular weight excluding hydrogens is 372 g/mol. The van der Waals surface area contributed by atoms with E-state index in [1.54, 1.807) is 42.5 Å². The molecule has 1 N–H and O–H groups in total. The molecule has 2 aliphatic heterocycles. The van der Waals surface area contributed by atoms with Gasteiger partial charge < -0.3 is 5.11 Å². The molecule has 3 aromatic rings. The van der Waals surface area contributed by atoms with Crippen LogP contribution in [0, 0.1) is 0 Å². The van der Waals surface area contributed by atoms with Crippen LogP contribution in [0.5, 0.6) is 5.75 Å². The van der Waals surface area contributed by atoms with Crippen LogP contribution in [-0.4, -0.2) is 28.7 Å². The number of carbonyl (C=O) groups is 4. The van der Waals surface area contributed by atoms with E-state index in [0.29, 0.717) is 11.1 Å². The first-order valence-corrected chi connectivity index (χ1v) is 8.77. The van der Waals surface area contributed by atoms with E-state index in [-0.39, 0.29) is 28.3 Å². The normalized spacial score (nSPS) is 15.2. The topological polar surface area (TPSA) is 95.0 Å². The number of anilines is 2. The Hall–Kier alpha value is -4.26. The largest absolute Gasteiger partial charge is 0.508 e. The summed E-state index contributed by atoms with van der Waals surface area (Å²) in [6.07, 6.45) is 0. The standard InChI is InChI=1S/C22H12N2O5/c25-14-8-9-17-18(11-14)22(29)24(21(17)28)13-5-3-4-12(10-13)23-19(26)15-6-1-2-7-16(15)20(23)27/h1-11,25H. The van der Waals surface area contributed by atoms with Gasteiger partial charge in [0.1, 0.15) is 5.75 Å². The molecule has 0 fully saturated rings. The van der Waals surface area contributed by atoms with Gasteiger partial charge >= 0.3 is 0 Å². The van der Waals surface area contributed by atoms with Crippen LogP contribution in [0.25, 0.3) is 0 Å². The van der Waals surface area contributed by atoms with Gasteiger partial charge in [-0.2, -0.15) is 0 Å². The minimum Gasteiger partial charge on any atom is -0.508 e. The molecule has 0 atom stereocenters. The zero-order valence-corrected chi connectivity index (χ0v) is 14.8. The Balaban J connectivity index is 1.56. The second-order valence-corrected chi connectivity index (χ2v) is 6.69. The summed E-state index contributed by atoms with van der Waals surface area (Å²) in [5, 5.41) is 9.63. The number of imide groups is 2. The van der Waals surface area contributed by atoms with Crippen LogP contribution < -0.4 is 9.80 Å². The quantitative estimate of drug-likeness (QED) is 0.686. The highest BCUT2D eigenvalue weighted by Gasteiger charge is 2.39. The Kier molecular flexibility index (Phi) is 3.42. The van der Waals surface area contributed by atoms with Crippen LogP contribution in [0.1, 0.15) is 41.4 Å². The smallest absolute Gasteiger partial charge is 0.266 e. The van der Waals surface area contributed by atoms with Gasteiger partial charge in [0.15, 0.2) is 0 Å². The molecule has 4 amide bonds. The average molecular weight is 384 g/mol. The molecule has 0 unspecified atom stereocenters. The number of carbonyl (C=O) groups excluding carboxylic acids is 4. The third kappa shape index (κ3) is 2.31. The van der Waals surface area contributed by atoms with Crippen molar-refractivity contribution in [1.29, 1.82) is 0 Å². The molecule has 5 rings (SSSR count). The number of amides is 4. The van der Waals surface area contributed by atoms with Gasteiger partial charge in [0.05, 0.1) is 33.6 Å². The summed E-state index contributed by atoms with van der Waals surface area (Å²) < 4.78 is 0. The van der Waals surface area contributed by atoms with Crippen molar-refractivity contribution in [3.8, 4) is 5.75 Å². The van der Waals surface area contributed by atoms with Crippen molar-refractivity contribution in [2.75, 3.05) is 9.80 Å². The summed E-state index contributed by atoms with van der Waals surface area (Å²) in [7, 11) is 0. The molecule has 0 spiro atoms. The molecular formula is C22H12N2O5. The third-order valence-electron chi connectivity index (χ3n) is 5.01. The molecule has 0 aromatic heterocycles. The van der Waals surface area contributed by atoms with Crippen molar-refractivity contribution in [3.63, 3.8) is 0 Å². The summed E-state index contributed by atoms with van der Waals surface area (Å²) >= 11 is 0. The fourth-order valence-electron chi connectivity index (χ4n) is 3.66. The Morgan fingerprint density at radius 2 is 1.00 bits per heavy atom. The lowest BCUT2D eigenvalue weighted by molar-refractivity contribution is 0.0912. The van der Waals surface area contributed by atoms with Crippen molar-refractivity contribution in [1.82, 2.24) is 0 Å². The van der Waals surface area contributed by atoms with E-state index in [9.17, 15) is 24.3 Å². The molecule has 3 aromatic carbocycles. The van der Waals surface area contributed by atoms with Gasteiger partial charge in [0, 0.05) is 0 Å². The molecule has 0 bridgehead atoms. The molecule has 2 heterocycles. The SMILES string of the molecule is O=C1c2ccccc2C(=O)N1c1cccc(N2C(=O)c3ccc(O)cc3C2=O)c1. The minimum atomic E-state index is -0.583. The number of aromatic hydroxyl groups is 1. The van der Waals surface area contributed by atoms with Gasteiger partial charge in [-0.15, -0.1) is 0 Å². The predicted molar refractivity (Wildman–Crippen MR) is 103 cm³/mol. The van der Waals surface area contributed by atoms with E-state index in [4.69, 9.17) is 0 Å².